The lowest BCUT2D eigenvalue weighted by Gasteiger charge is -2.32. The average Bonchev–Trinajstić information content (AvgIpc) is 2.72. The minimum Gasteiger partial charge on any atom is -0.481 e. The van der Waals surface area contributed by atoms with Gasteiger partial charge in [-0.25, -0.2) is 4.79 Å². The van der Waals surface area contributed by atoms with Crippen LogP contribution < -0.4 is 5.32 Å². The van der Waals surface area contributed by atoms with Gasteiger partial charge in [0.15, 0.2) is 0 Å². The van der Waals surface area contributed by atoms with Gasteiger partial charge >= 0.3 is 12.0 Å². The number of urea groups is 1. The van der Waals surface area contributed by atoms with E-state index in [0.29, 0.717) is 24.8 Å². The third-order valence-electron chi connectivity index (χ3n) is 4.61. The van der Waals surface area contributed by atoms with E-state index in [1.165, 1.54) is 0 Å². The number of carbonyl (C=O) groups excluding carboxylic acids is 1. The van der Waals surface area contributed by atoms with Gasteiger partial charge in [0.2, 0.25) is 0 Å². The summed E-state index contributed by atoms with van der Waals surface area (Å²) in [5.41, 5.74) is -0.0508. The zero-order valence-electron chi connectivity index (χ0n) is 13.8. The minimum atomic E-state index is -0.747. The van der Waals surface area contributed by atoms with E-state index in [4.69, 9.17) is 5.11 Å². The number of rotatable bonds is 7. The van der Waals surface area contributed by atoms with Crippen LogP contribution in [0.3, 0.4) is 0 Å². The molecule has 0 saturated carbocycles. The predicted molar refractivity (Wildman–Crippen MR) is 83.2 cm³/mol. The lowest BCUT2D eigenvalue weighted by molar-refractivity contribution is -0.137. The number of carboxylic acids is 1. The molecule has 2 N–H and O–H groups in total. The maximum absolute atomic E-state index is 12.2. The summed E-state index contributed by atoms with van der Waals surface area (Å²) < 4.78 is 0. The van der Waals surface area contributed by atoms with Crippen LogP contribution in [0, 0.1) is 11.8 Å². The first-order valence-corrected chi connectivity index (χ1v) is 8.01. The van der Waals surface area contributed by atoms with Gasteiger partial charge in [-0.15, -0.1) is 0 Å². The first-order valence-electron chi connectivity index (χ1n) is 8.01. The summed E-state index contributed by atoms with van der Waals surface area (Å²) in [5.74, 6) is 0.0287. The fraction of sp³-hybridized carbons (Fsp3) is 0.875. The van der Waals surface area contributed by atoms with E-state index in [-0.39, 0.29) is 18.0 Å². The largest absolute Gasteiger partial charge is 0.481 e. The van der Waals surface area contributed by atoms with Crippen molar-refractivity contribution in [3.63, 3.8) is 0 Å². The second-order valence-corrected chi connectivity index (χ2v) is 7.02. The van der Waals surface area contributed by atoms with Crippen LogP contribution in [0.25, 0.3) is 0 Å². The number of hydrogen-bond donors (Lipinski definition) is 2. The van der Waals surface area contributed by atoms with Gasteiger partial charge in [0.05, 0.1) is 0 Å². The highest BCUT2D eigenvalue weighted by Crippen LogP contribution is 2.28. The van der Waals surface area contributed by atoms with Crippen molar-refractivity contribution in [1.29, 1.82) is 0 Å². The van der Waals surface area contributed by atoms with E-state index in [0.717, 1.165) is 25.8 Å². The molecule has 0 aliphatic carbocycles. The summed E-state index contributed by atoms with van der Waals surface area (Å²) in [6.07, 6.45) is 3.83. The number of hydrogen-bond acceptors (Lipinski definition) is 2. The molecule has 0 aromatic rings. The van der Waals surface area contributed by atoms with Crippen LogP contribution in [0.15, 0.2) is 0 Å². The number of nitrogens with one attached hydrogen (secondary N) is 1. The summed E-state index contributed by atoms with van der Waals surface area (Å²) in [6.45, 7) is 9.86. The maximum Gasteiger partial charge on any atom is 0.317 e. The van der Waals surface area contributed by atoms with Crippen molar-refractivity contribution >= 4 is 12.0 Å². The second-order valence-electron chi connectivity index (χ2n) is 7.02. The minimum absolute atomic E-state index is 0.0123. The number of carbonyl (C=O) groups is 2. The molecule has 1 rings (SSSR count). The molecule has 2 amide bonds. The average molecular weight is 298 g/mol. The molecular weight excluding hydrogens is 268 g/mol. The molecule has 0 aromatic heterocycles. The number of carboxylic acid groups (broad SMARTS) is 1. The highest BCUT2D eigenvalue weighted by Gasteiger charge is 2.35. The standard InChI is InChI=1S/C16H30N2O3/c1-12(2)13(6-7-14(19)20)8-10-17-15(21)18-11-5-9-16(18,3)4/h12-13H,5-11H2,1-4H3,(H,17,21)(H,19,20). The Labute approximate surface area is 128 Å². The Kier molecular flexibility index (Phi) is 6.49. The van der Waals surface area contributed by atoms with Gasteiger partial charge in [0, 0.05) is 25.0 Å². The first kappa shape index (κ1) is 17.8. The quantitative estimate of drug-likeness (QED) is 0.759. The van der Waals surface area contributed by atoms with Crippen LogP contribution in [0.4, 0.5) is 4.79 Å². The summed E-state index contributed by atoms with van der Waals surface area (Å²) in [6, 6.07) is 0.0123. The normalized spacial score (nSPS) is 18.8. The van der Waals surface area contributed by atoms with Crippen LogP contribution in [0.5, 0.6) is 0 Å². The van der Waals surface area contributed by atoms with Gasteiger partial charge in [0.1, 0.15) is 0 Å². The molecule has 21 heavy (non-hydrogen) atoms. The third-order valence-corrected chi connectivity index (χ3v) is 4.61. The summed E-state index contributed by atoms with van der Waals surface area (Å²) >= 11 is 0. The number of nitrogens with zero attached hydrogens (tertiary/aromatic N) is 1. The first-order chi connectivity index (χ1) is 9.74. The topological polar surface area (TPSA) is 69.6 Å². The van der Waals surface area contributed by atoms with Gasteiger partial charge in [0.25, 0.3) is 0 Å². The molecule has 5 heteroatoms. The Balaban J connectivity index is 2.36. The Morgan fingerprint density at radius 2 is 1.95 bits per heavy atom. The summed E-state index contributed by atoms with van der Waals surface area (Å²) in [7, 11) is 0. The fourth-order valence-electron chi connectivity index (χ4n) is 3.06. The van der Waals surface area contributed by atoms with Crippen molar-refractivity contribution in [2.24, 2.45) is 11.8 Å². The molecule has 122 valence electrons. The molecule has 5 nitrogen and oxygen atoms in total. The zero-order valence-corrected chi connectivity index (χ0v) is 13.8. The molecule has 0 radical (unpaired) electrons. The molecule has 0 bridgehead atoms. The van der Waals surface area contributed by atoms with Crippen LogP contribution in [-0.4, -0.2) is 40.6 Å². The predicted octanol–water partition coefficient (Wildman–Crippen LogP) is 3.10. The Morgan fingerprint density at radius 3 is 2.43 bits per heavy atom. The highest BCUT2D eigenvalue weighted by atomic mass is 16.4. The molecule has 1 fully saturated rings. The van der Waals surface area contributed by atoms with Crippen molar-refractivity contribution < 1.29 is 14.7 Å². The van der Waals surface area contributed by atoms with Gasteiger partial charge in [-0.2, -0.15) is 0 Å². The SMILES string of the molecule is CC(C)C(CCNC(=O)N1CCCC1(C)C)CCC(=O)O. The lowest BCUT2D eigenvalue weighted by atomic mass is 9.88. The summed E-state index contributed by atoms with van der Waals surface area (Å²) in [4.78, 5) is 24.8. The van der Waals surface area contributed by atoms with Crippen molar-refractivity contribution in [3.8, 4) is 0 Å². The molecule has 1 saturated heterocycles. The maximum atomic E-state index is 12.2. The smallest absolute Gasteiger partial charge is 0.317 e. The van der Waals surface area contributed by atoms with E-state index in [2.05, 4.69) is 33.0 Å². The van der Waals surface area contributed by atoms with Crippen molar-refractivity contribution in [2.45, 2.75) is 65.3 Å². The number of aliphatic carboxylic acids is 1. The Bertz CT molecular complexity index is 367. The molecule has 1 heterocycles. The number of likely N-dealkylation sites (tertiary alicyclic amines) is 1. The lowest BCUT2D eigenvalue weighted by Crippen LogP contribution is -2.48. The Morgan fingerprint density at radius 1 is 1.29 bits per heavy atom. The molecule has 0 aromatic carbocycles. The van der Waals surface area contributed by atoms with Crippen LogP contribution in [0.2, 0.25) is 0 Å². The second kappa shape index (κ2) is 7.66. The Hall–Kier alpha value is -1.26. The van der Waals surface area contributed by atoms with Crippen LogP contribution in [0.1, 0.15) is 59.8 Å². The molecule has 1 unspecified atom stereocenters. The van der Waals surface area contributed by atoms with E-state index < -0.39 is 5.97 Å². The van der Waals surface area contributed by atoms with Gasteiger partial charge in [-0.3, -0.25) is 4.79 Å². The molecule has 0 spiro atoms. The van der Waals surface area contributed by atoms with Gasteiger partial charge in [-0.05, 0) is 51.4 Å². The van der Waals surface area contributed by atoms with Crippen molar-refractivity contribution in [2.75, 3.05) is 13.1 Å². The van der Waals surface area contributed by atoms with Crippen LogP contribution >= 0.6 is 0 Å². The molecule has 1 aliphatic heterocycles. The number of amides is 2. The summed E-state index contributed by atoms with van der Waals surface area (Å²) in [5, 5.41) is 11.8. The van der Waals surface area contributed by atoms with E-state index in [1.807, 2.05) is 4.90 Å². The van der Waals surface area contributed by atoms with E-state index >= 15 is 0 Å². The molecule has 1 atom stereocenters. The van der Waals surface area contributed by atoms with Gasteiger partial charge in [-0.1, -0.05) is 13.8 Å². The fourth-order valence-corrected chi connectivity index (χ4v) is 3.06. The molecule has 1 aliphatic rings. The highest BCUT2D eigenvalue weighted by molar-refractivity contribution is 5.75. The van der Waals surface area contributed by atoms with Crippen LogP contribution in [-0.2, 0) is 4.79 Å². The van der Waals surface area contributed by atoms with E-state index in [9.17, 15) is 9.59 Å². The third kappa shape index (κ3) is 5.56. The zero-order chi connectivity index (χ0) is 16.0. The van der Waals surface area contributed by atoms with Gasteiger partial charge < -0.3 is 15.3 Å². The monoisotopic (exact) mass is 298 g/mol. The van der Waals surface area contributed by atoms with E-state index in [1.54, 1.807) is 0 Å². The van der Waals surface area contributed by atoms with Crippen molar-refractivity contribution in [1.82, 2.24) is 10.2 Å². The molecular formula is C16H30N2O3. The van der Waals surface area contributed by atoms with Crippen molar-refractivity contribution in [3.05, 3.63) is 0 Å².